The molecule has 1 aromatic heterocycles. The molecular weight excluding hydrogens is 472 g/mol. The van der Waals surface area contributed by atoms with E-state index in [1.54, 1.807) is 34.8 Å². The molecule has 0 saturated carbocycles. The zero-order valence-electron chi connectivity index (χ0n) is 20.9. The second kappa shape index (κ2) is 9.09. The van der Waals surface area contributed by atoms with Crippen molar-refractivity contribution >= 4 is 11.6 Å². The van der Waals surface area contributed by atoms with Crippen LogP contribution < -0.4 is 29.0 Å². The number of methoxy groups -OCH3 is 4. The predicted molar refractivity (Wildman–Crippen MR) is 138 cm³/mol. The van der Waals surface area contributed by atoms with Gasteiger partial charge in [0.2, 0.25) is 5.95 Å². The maximum atomic E-state index is 6.69. The van der Waals surface area contributed by atoms with E-state index in [1.807, 2.05) is 65.3 Å². The standard InChI is InChI=1S/C28H26N4O5/c1-33-20-11-9-16(13-22(20)35-3)26-24-25(31-28-29-15-30-32(26)28)18-7-5-6-8-19(18)37-27(24)17-10-12-21(34-2)23(14-17)36-4/h5-15,26-27H,1-4H3,(H,29,30,31)/t26-,27+/m0/s1. The van der Waals surface area contributed by atoms with E-state index in [-0.39, 0.29) is 6.04 Å². The van der Waals surface area contributed by atoms with Crippen LogP contribution >= 0.6 is 0 Å². The number of rotatable bonds is 6. The molecule has 188 valence electrons. The van der Waals surface area contributed by atoms with Crippen LogP contribution in [-0.4, -0.2) is 43.2 Å². The summed E-state index contributed by atoms with van der Waals surface area (Å²) in [5.74, 6) is 3.96. The van der Waals surface area contributed by atoms with Crippen LogP contribution in [0, 0.1) is 0 Å². The third-order valence-corrected chi connectivity index (χ3v) is 6.76. The lowest BCUT2D eigenvalue weighted by atomic mass is 9.84. The van der Waals surface area contributed by atoms with E-state index in [0.717, 1.165) is 33.7 Å². The van der Waals surface area contributed by atoms with Crippen LogP contribution in [0.25, 0.3) is 5.70 Å². The third-order valence-electron chi connectivity index (χ3n) is 6.76. The molecule has 1 N–H and O–H groups in total. The van der Waals surface area contributed by atoms with Gasteiger partial charge in [0.1, 0.15) is 24.2 Å². The molecule has 2 aliphatic heterocycles. The van der Waals surface area contributed by atoms with E-state index in [4.69, 9.17) is 23.7 Å². The molecule has 0 fully saturated rings. The normalized spacial score (nSPS) is 17.5. The van der Waals surface area contributed by atoms with E-state index < -0.39 is 6.10 Å². The number of fused-ring (bicyclic) bond motifs is 3. The maximum absolute atomic E-state index is 6.69. The molecule has 9 heteroatoms. The monoisotopic (exact) mass is 498 g/mol. The van der Waals surface area contributed by atoms with Crippen molar-refractivity contribution in [2.24, 2.45) is 0 Å². The number of aromatic nitrogens is 3. The van der Waals surface area contributed by atoms with Gasteiger partial charge in [0.15, 0.2) is 23.0 Å². The van der Waals surface area contributed by atoms with Crippen molar-refractivity contribution in [2.75, 3.05) is 33.8 Å². The number of ether oxygens (including phenoxy) is 5. The molecule has 4 aromatic rings. The first-order valence-corrected chi connectivity index (χ1v) is 11.8. The van der Waals surface area contributed by atoms with Crippen molar-refractivity contribution in [3.63, 3.8) is 0 Å². The minimum absolute atomic E-state index is 0.333. The molecule has 0 spiro atoms. The Morgan fingerprint density at radius 2 is 1.43 bits per heavy atom. The largest absolute Gasteiger partial charge is 0.493 e. The summed E-state index contributed by atoms with van der Waals surface area (Å²) in [4.78, 5) is 4.49. The molecule has 9 nitrogen and oxygen atoms in total. The average Bonchev–Trinajstić information content (AvgIpc) is 3.43. The first-order chi connectivity index (χ1) is 18.2. The van der Waals surface area contributed by atoms with Gasteiger partial charge in [0.25, 0.3) is 0 Å². The van der Waals surface area contributed by atoms with Gasteiger partial charge >= 0.3 is 0 Å². The minimum Gasteiger partial charge on any atom is -0.493 e. The Morgan fingerprint density at radius 3 is 2.14 bits per heavy atom. The quantitative estimate of drug-likeness (QED) is 0.403. The molecule has 2 atom stereocenters. The Bertz CT molecular complexity index is 1510. The Hall–Kier alpha value is -4.66. The highest BCUT2D eigenvalue weighted by Crippen LogP contribution is 2.51. The summed E-state index contributed by atoms with van der Waals surface area (Å²) in [6.07, 6.45) is 1.10. The van der Waals surface area contributed by atoms with Crippen LogP contribution in [0.3, 0.4) is 0 Å². The van der Waals surface area contributed by atoms with E-state index in [1.165, 1.54) is 0 Å². The van der Waals surface area contributed by atoms with Crippen molar-refractivity contribution in [1.29, 1.82) is 0 Å². The number of anilines is 1. The number of hydrogen-bond acceptors (Lipinski definition) is 8. The van der Waals surface area contributed by atoms with Gasteiger partial charge < -0.3 is 29.0 Å². The van der Waals surface area contributed by atoms with Crippen LogP contribution in [0.5, 0.6) is 28.7 Å². The fourth-order valence-electron chi connectivity index (χ4n) is 5.05. The van der Waals surface area contributed by atoms with Crippen LogP contribution in [0.2, 0.25) is 0 Å². The Morgan fingerprint density at radius 1 is 0.784 bits per heavy atom. The molecule has 0 aliphatic carbocycles. The number of hydrogen-bond donors (Lipinski definition) is 1. The average molecular weight is 499 g/mol. The number of para-hydroxylation sites is 1. The molecule has 3 aromatic carbocycles. The summed E-state index contributed by atoms with van der Waals surface area (Å²) in [6.45, 7) is 0. The van der Waals surface area contributed by atoms with Crippen molar-refractivity contribution in [3.8, 4) is 28.7 Å². The second-order valence-electron chi connectivity index (χ2n) is 8.61. The van der Waals surface area contributed by atoms with Gasteiger partial charge in [-0.25, -0.2) is 4.68 Å². The molecule has 0 radical (unpaired) electrons. The smallest absolute Gasteiger partial charge is 0.226 e. The lowest BCUT2D eigenvalue weighted by molar-refractivity contribution is 0.222. The van der Waals surface area contributed by atoms with Gasteiger partial charge in [-0.1, -0.05) is 24.3 Å². The topological polar surface area (TPSA) is 88.9 Å². The van der Waals surface area contributed by atoms with Crippen LogP contribution in [0.4, 0.5) is 5.95 Å². The lowest BCUT2D eigenvalue weighted by Gasteiger charge is -2.39. The summed E-state index contributed by atoms with van der Waals surface area (Å²) in [7, 11) is 6.49. The maximum Gasteiger partial charge on any atom is 0.226 e. The highest BCUT2D eigenvalue weighted by Gasteiger charge is 2.41. The first kappa shape index (κ1) is 22.8. The van der Waals surface area contributed by atoms with Crippen molar-refractivity contribution in [3.05, 3.63) is 89.3 Å². The van der Waals surface area contributed by atoms with E-state index in [0.29, 0.717) is 28.9 Å². The third kappa shape index (κ3) is 3.62. The summed E-state index contributed by atoms with van der Waals surface area (Å²) in [6, 6.07) is 19.4. The zero-order chi connectivity index (χ0) is 25.5. The number of benzene rings is 3. The SMILES string of the molecule is COc1ccc([C@H]2C3=C(Nc4ncnn42)c2ccccc2O[C@@H]3c2ccc(OC)c(OC)c2)cc1OC. The summed E-state index contributed by atoms with van der Waals surface area (Å²) >= 11 is 0. The Balaban J connectivity index is 1.60. The summed E-state index contributed by atoms with van der Waals surface area (Å²) in [5, 5.41) is 8.10. The molecular formula is C28H26N4O5. The van der Waals surface area contributed by atoms with Gasteiger partial charge in [0.05, 0.1) is 34.1 Å². The summed E-state index contributed by atoms with van der Waals surface area (Å²) < 4.78 is 30.8. The van der Waals surface area contributed by atoms with Crippen molar-refractivity contribution < 1.29 is 23.7 Å². The summed E-state index contributed by atoms with van der Waals surface area (Å²) in [5.41, 5.74) is 4.73. The van der Waals surface area contributed by atoms with Gasteiger partial charge in [-0.2, -0.15) is 10.1 Å². The van der Waals surface area contributed by atoms with Gasteiger partial charge in [-0.3, -0.25) is 0 Å². The van der Waals surface area contributed by atoms with E-state index in [2.05, 4.69) is 15.4 Å². The molecule has 2 aliphatic rings. The molecule has 37 heavy (non-hydrogen) atoms. The first-order valence-electron chi connectivity index (χ1n) is 11.8. The van der Waals surface area contributed by atoms with E-state index in [9.17, 15) is 0 Å². The highest BCUT2D eigenvalue weighted by molar-refractivity contribution is 5.85. The molecule has 6 rings (SSSR count). The second-order valence-corrected chi connectivity index (χ2v) is 8.61. The van der Waals surface area contributed by atoms with Crippen molar-refractivity contribution in [1.82, 2.24) is 14.8 Å². The van der Waals surface area contributed by atoms with Gasteiger partial charge in [-0.15, -0.1) is 0 Å². The van der Waals surface area contributed by atoms with Crippen molar-refractivity contribution in [2.45, 2.75) is 12.1 Å². The fourth-order valence-corrected chi connectivity index (χ4v) is 5.05. The number of nitrogens with zero attached hydrogens (tertiary/aromatic N) is 3. The van der Waals surface area contributed by atoms with Crippen LogP contribution in [0.1, 0.15) is 28.8 Å². The van der Waals surface area contributed by atoms with E-state index >= 15 is 0 Å². The number of nitrogens with one attached hydrogen (secondary N) is 1. The lowest BCUT2D eigenvalue weighted by Crippen LogP contribution is -2.32. The van der Waals surface area contributed by atoms with Gasteiger partial charge in [-0.05, 0) is 42.0 Å². The molecule has 0 bridgehead atoms. The minimum atomic E-state index is -0.451. The molecule has 0 amide bonds. The molecule has 0 saturated heterocycles. The zero-order valence-corrected chi connectivity index (χ0v) is 20.9. The van der Waals surface area contributed by atoms with Gasteiger partial charge in [0, 0.05) is 16.7 Å². The highest BCUT2D eigenvalue weighted by atomic mass is 16.5. The molecule has 0 unspecified atom stereocenters. The Kier molecular flexibility index (Phi) is 5.60. The fraction of sp³-hybridized carbons (Fsp3) is 0.214. The van der Waals surface area contributed by atoms with Crippen LogP contribution in [-0.2, 0) is 0 Å². The Labute approximate surface area is 214 Å². The molecule has 3 heterocycles. The van der Waals surface area contributed by atoms with Crippen LogP contribution in [0.15, 0.2) is 72.6 Å². The predicted octanol–water partition coefficient (Wildman–Crippen LogP) is 4.87.